The fraction of sp³-hybridized carbons (Fsp3) is 0.900. The number of amides is 1. The summed E-state index contributed by atoms with van der Waals surface area (Å²) in [5.74, 6) is 0.525. The quantitative estimate of drug-likeness (QED) is 0.703. The van der Waals surface area contributed by atoms with Gasteiger partial charge in [0.15, 0.2) is 0 Å². The van der Waals surface area contributed by atoms with Crippen LogP contribution in [0.5, 0.6) is 0 Å². The van der Waals surface area contributed by atoms with Gasteiger partial charge in [-0.25, -0.2) is 0 Å². The van der Waals surface area contributed by atoms with Crippen LogP contribution in [0, 0.1) is 0 Å². The van der Waals surface area contributed by atoms with E-state index in [0.717, 1.165) is 25.7 Å². The molecule has 2 N–H and O–H groups in total. The molecule has 0 bridgehead atoms. The SMILES string of the molecule is O=C(CCCCl)N[C@@H]1CCCC[C@H]1O. The number of alkyl halides is 1. The summed E-state index contributed by atoms with van der Waals surface area (Å²) < 4.78 is 0. The molecule has 14 heavy (non-hydrogen) atoms. The number of hydrogen-bond donors (Lipinski definition) is 2. The second-order valence-corrected chi connectivity index (χ2v) is 4.20. The van der Waals surface area contributed by atoms with Gasteiger partial charge in [-0.2, -0.15) is 0 Å². The minimum atomic E-state index is -0.358. The molecule has 1 saturated carbocycles. The van der Waals surface area contributed by atoms with Gasteiger partial charge in [0.05, 0.1) is 12.1 Å². The zero-order valence-electron chi connectivity index (χ0n) is 8.34. The average Bonchev–Trinajstić information content (AvgIpc) is 2.18. The maximum atomic E-state index is 11.3. The van der Waals surface area contributed by atoms with E-state index >= 15 is 0 Å². The van der Waals surface area contributed by atoms with Gasteiger partial charge in [0.25, 0.3) is 0 Å². The lowest BCUT2D eigenvalue weighted by Crippen LogP contribution is -2.45. The van der Waals surface area contributed by atoms with Crippen molar-refractivity contribution < 1.29 is 9.90 Å². The first-order valence-corrected chi connectivity index (χ1v) is 5.81. The molecule has 0 aromatic carbocycles. The lowest BCUT2D eigenvalue weighted by Gasteiger charge is -2.28. The van der Waals surface area contributed by atoms with Crippen molar-refractivity contribution in [2.75, 3.05) is 5.88 Å². The molecule has 1 fully saturated rings. The lowest BCUT2D eigenvalue weighted by molar-refractivity contribution is -0.123. The topological polar surface area (TPSA) is 49.3 Å². The Bertz CT molecular complexity index is 187. The number of hydrogen-bond acceptors (Lipinski definition) is 2. The summed E-state index contributed by atoms with van der Waals surface area (Å²) in [6.45, 7) is 0. The number of nitrogens with one attached hydrogen (secondary N) is 1. The fourth-order valence-electron chi connectivity index (χ4n) is 1.79. The Morgan fingerprint density at radius 3 is 2.79 bits per heavy atom. The maximum absolute atomic E-state index is 11.3. The molecule has 0 radical (unpaired) electrons. The zero-order valence-corrected chi connectivity index (χ0v) is 9.09. The molecule has 0 aromatic heterocycles. The first-order chi connectivity index (χ1) is 6.74. The molecule has 1 rings (SSSR count). The number of carbonyl (C=O) groups is 1. The Morgan fingerprint density at radius 2 is 2.14 bits per heavy atom. The average molecular weight is 220 g/mol. The van der Waals surface area contributed by atoms with E-state index in [4.69, 9.17) is 11.6 Å². The van der Waals surface area contributed by atoms with Crippen molar-refractivity contribution >= 4 is 17.5 Å². The van der Waals surface area contributed by atoms with E-state index in [2.05, 4.69) is 5.32 Å². The zero-order chi connectivity index (χ0) is 10.4. The maximum Gasteiger partial charge on any atom is 0.220 e. The van der Waals surface area contributed by atoms with Crippen LogP contribution in [-0.4, -0.2) is 29.0 Å². The first-order valence-electron chi connectivity index (χ1n) is 5.27. The lowest BCUT2D eigenvalue weighted by atomic mass is 9.92. The highest BCUT2D eigenvalue weighted by Gasteiger charge is 2.23. The molecular weight excluding hydrogens is 202 g/mol. The standard InChI is InChI=1S/C10H18ClNO2/c11-7-3-6-10(14)12-8-4-1-2-5-9(8)13/h8-9,13H,1-7H2,(H,12,14)/t8-,9-/m1/s1. The second-order valence-electron chi connectivity index (χ2n) is 3.82. The van der Waals surface area contributed by atoms with Crippen LogP contribution in [-0.2, 0) is 4.79 Å². The molecule has 0 aromatic rings. The van der Waals surface area contributed by atoms with Crippen LogP contribution in [0.4, 0.5) is 0 Å². The fourth-order valence-corrected chi connectivity index (χ4v) is 1.92. The van der Waals surface area contributed by atoms with Crippen LogP contribution in [0.3, 0.4) is 0 Å². The number of aliphatic hydroxyl groups is 1. The number of rotatable bonds is 4. The first kappa shape index (κ1) is 11.8. The largest absolute Gasteiger partial charge is 0.391 e. The van der Waals surface area contributed by atoms with Crippen molar-refractivity contribution in [3.63, 3.8) is 0 Å². The van der Waals surface area contributed by atoms with Crippen LogP contribution in [0.25, 0.3) is 0 Å². The summed E-state index contributed by atoms with van der Waals surface area (Å²) in [7, 11) is 0. The molecule has 0 spiro atoms. The molecule has 1 aliphatic rings. The van der Waals surface area contributed by atoms with Crippen molar-refractivity contribution in [1.29, 1.82) is 0 Å². The van der Waals surface area contributed by atoms with E-state index in [1.165, 1.54) is 0 Å². The van der Waals surface area contributed by atoms with Gasteiger partial charge in [0.1, 0.15) is 0 Å². The third-order valence-electron chi connectivity index (χ3n) is 2.61. The summed E-state index contributed by atoms with van der Waals surface area (Å²) in [6.07, 6.45) is 4.67. The van der Waals surface area contributed by atoms with Crippen LogP contribution in [0.2, 0.25) is 0 Å². The van der Waals surface area contributed by atoms with Gasteiger partial charge in [-0.1, -0.05) is 12.8 Å². The molecule has 0 saturated heterocycles. The molecule has 1 amide bonds. The summed E-state index contributed by atoms with van der Waals surface area (Å²) in [5.41, 5.74) is 0. The highest BCUT2D eigenvalue weighted by molar-refractivity contribution is 6.17. The molecule has 1 aliphatic carbocycles. The molecular formula is C10H18ClNO2. The highest BCUT2D eigenvalue weighted by Crippen LogP contribution is 2.18. The van der Waals surface area contributed by atoms with E-state index < -0.39 is 0 Å². The van der Waals surface area contributed by atoms with E-state index in [9.17, 15) is 9.90 Å². The van der Waals surface area contributed by atoms with Gasteiger partial charge in [-0.05, 0) is 19.3 Å². The Balaban J connectivity index is 2.23. The molecule has 2 atom stereocenters. The Hall–Kier alpha value is -0.280. The summed E-state index contributed by atoms with van der Waals surface area (Å²) >= 11 is 5.49. The van der Waals surface area contributed by atoms with Crippen molar-refractivity contribution in [2.24, 2.45) is 0 Å². The van der Waals surface area contributed by atoms with Crippen molar-refractivity contribution in [1.82, 2.24) is 5.32 Å². The number of carbonyl (C=O) groups excluding carboxylic acids is 1. The molecule has 0 heterocycles. The Labute approximate surface area is 89.8 Å². The number of halogens is 1. The van der Waals surface area contributed by atoms with Crippen LogP contribution in [0.1, 0.15) is 38.5 Å². The third kappa shape index (κ3) is 3.84. The summed E-state index contributed by atoms with van der Waals surface area (Å²) in [5, 5.41) is 12.5. The Morgan fingerprint density at radius 1 is 1.43 bits per heavy atom. The van der Waals surface area contributed by atoms with Gasteiger partial charge in [0.2, 0.25) is 5.91 Å². The van der Waals surface area contributed by atoms with Crippen molar-refractivity contribution in [3.8, 4) is 0 Å². The molecule has 82 valence electrons. The van der Waals surface area contributed by atoms with Crippen LogP contribution < -0.4 is 5.32 Å². The van der Waals surface area contributed by atoms with E-state index in [1.54, 1.807) is 0 Å². The van der Waals surface area contributed by atoms with E-state index in [0.29, 0.717) is 18.7 Å². The molecule has 0 aliphatic heterocycles. The minimum absolute atomic E-state index is 0.0107. The smallest absolute Gasteiger partial charge is 0.220 e. The van der Waals surface area contributed by atoms with E-state index in [1.807, 2.05) is 0 Å². The van der Waals surface area contributed by atoms with Gasteiger partial charge in [0, 0.05) is 12.3 Å². The normalized spacial score (nSPS) is 27.3. The van der Waals surface area contributed by atoms with Gasteiger partial charge in [-0.3, -0.25) is 4.79 Å². The summed E-state index contributed by atoms with van der Waals surface area (Å²) in [6, 6.07) is -0.0356. The monoisotopic (exact) mass is 219 g/mol. The number of aliphatic hydroxyl groups excluding tert-OH is 1. The van der Waals surface area contributed by atoms with Gasteiger partial charge < -0.3 is 10.4 Å². The highest BCUT2D eigenvalue weighted by atomic mass is 35.5. The van der Waals surface area contributed by atoms with Crippen LogP contribution >= 0.6 is 11.6 Å². The van der Waals surface area contributed by atoms with Crippen molar-refractivity contribution in [3.05, 3.63) is 0 Å². The predicted molar refractivity (Wildman–Crippen MR) is 56.4 cm³/mol. The third-order valence-corrected chi connectivity index (χ3v) is 2.88. The molecule has 3 nitrogen and oxygen atoms in total. The van der Waals surface area contributed by atoms with Crippen LogP contribution in [0.15, 0.2) is 0 Å². The molecule has 4 heteroatoms. The van der Waals surface area contributed by atoms with Gasteiger partial charge in [-0.15, -0.1) is 11.6 Å². The van der Waals surface area contributed by atoms with Gasteiger partial charge >= 0.3 is 0 Å². The Kier molecular flexibility index (Phi) is 5.26. The minimum Gasteiger partial charge on any atom is -0.391 e. The molecule has 0 unspecified atom stereocenters. The van der Waals surface area contributed by atoms with Crippen molar-refractivity contribution in [2.45, 2.75) is 50.7 Å². The summed E-state index contributed by atoms with van der Waals surface area (Å²) in [4.78, 5) is 11.3. The second kappa shape index (κ2) is 6.25. The van der Waals surface area contributed by atoms with E-state index in [-0.39, 0.29) is 18.1 Å². The predicted octanol–water partition coefficient (Wildman–Crippen LogP) is 1.43.